The van der Waals surface area contributed by atoms with E-state index in [2.05, 4.69) is 0 Å². The third-order valence-corrected chi connectivity index (χ3v) is 6.64. The summed E-state index contributed by atoms with van der Waals surface area (Å²) in [5, 5.41) is 0. The molecule has 132 valence electrons. The van der Waals surface area contributed by atoms with Crippen LogP contribution >= 0.6 is 0 Å². The molecule has 1 atom stereocenters. The highest BCUT2D eigenvalue weighted by atomic mass is 32.2. The van der Waals surface area contributed by atoms with Crippen LogP contribution in [-0.2, 0) is 9.84 Å². The first-order valence-corrected chi connectivity index (χ1v) is 10.3. The van der Waals surface area contributed by atoms with Crippen LogP contribution in [0, 0.1) is 12.8 Å². The van der Waals surface area contributed by atoms with Crippen molar-refractivity contribution in [2.24, 2.45) is 5.92 Å². The van der Waals surface area contributed by atoms with Crippen molar-refractivity contribution in [1.29, 1.82) is 0 Å². The highest BCUT2D eigenvalue weighted by molar-refractivity contribution is 7.91. The fourth-order valence-corrected chi connectivity index (χ4v) is 5.06. The van der Waals surface area contributed by atoms with Crippen molar-refractivity contribution >= 4 is 15.7 Å². The summed E-state index contributed by atoms with van der Waals surface area (Å²) in [5.74, 6) is 0.0704. The van der Waals surface area contributed by atoms with Crippen LogP contribution in [0.15, 0.2) is 59.5 Å². The number of hydrogen-bond donors (Lipinski definition) is 0. The van der Waals surface area contributed by atoms with Gasteiger partial charge in [-0.15, -0.1) is 0 Å². The molecular weight excluding hydrogens is 334 g/mol. The Hall–Kier alpha value is -2.14. The fourth-order valence-electron chi connectivity index (χ4n) is 3.40. The Balaban J connectivity index is 1.71. The van der Waals surface area contributed by atoms with Crippen molar-refractivity contribution in [3.63, 3.8) is 0 Å². The van der Waals surface area contributed by atoms with Crippen LogP contribution in [0.1, 0.15) is 28.8 Å². The minimum absolute atomic E-state index is 0.0000842. The van der Waals surface area contributed by atoms with Gasteiger partial charge in [0.05, 0.1) is 10.6 Å². The van der Waals surface area contributed by atoms with Crippen molar-refractivity contribution in [3.8, 4) is 0 Å². The van der Waals surface area contributed by atoms with Gasteiger partial charge in [0.15, 0.2) is 9.84 Å². The standard InChI is InChI=1S/C20H23NO3S/c1-16-8-5-6-12-19(16)20(22)21-13-7-9-17(14-21)15-25(23,24)18-10-3-2-4-11-18/h2-6,8,10-12,17H,7,9,13-15H2,1H3. The Morgan fingerprint density at radius 3 is 2.48 bits per heavy atom. The smallest absolute Gasteiger partial charge is 0.254 e. The third-order valence-electron chi connectivity index (χ3n) is 4.74. The Morgan fingerprint density at radius 1 is 1.08 bits per heavy atom. The largest absolute Gasteiger partial charge is 0.338 e. The predicted molar refractivity (Wildman–Crippen MR) is 98.3 cm³/mol. The van der Waals surface area contributed by atoms with E-state index in [0.29, 0.717) is 23.5 Å². The lowest BCUT2D eigenvalue weighted by molar-refractivity contribution is 0.0683. The Bertz CT molecular complexity index is 846. The minimum Gasteiger partial charge on any atom is -0.338 e. The van der Waals surface area contributed by atoms with Crippen LogP contribution in [0.25, 0.3) is 0 Å². The number of benzene rings is 2. The SMILES string of the molecule is Cc1ccccc1C(=O)N1CCCC(CS(=O)(=O)c2ccccc2)C1. The summed E-state index contributed by atoms with van der Waals surface area (Å²) in [6.45, 7) is 3.11. The molecule has 0 bridgehead atoms. The Labute approximate surface area is 149 Å². The molecule has 1 aliphatic heterocycles. The van der Waals surface area contributed by atoms with E-state index in [4.69, 9.17) is 0 Å². The van der Waals surface area contributed by atoms with E-state index in [1.807, 2.05) is 37.3 Å². The Morgan fingerprint density at radius 2 is 1.76 bits per heavy atom. The highest BCUT2D eigenvalue weighted by Crippen LogP contribution is 2.23. The van der Waals surface area contributed by atoms with Gasteiger partial charge < -0.3 is 4.90 Å². The molecule has 3 rings (SSSR count). The molecule has 1 unspecified atom stereocenters. The lowest BCUT2D eigenvalue weighted by Crippen LogP contribution is -2.42. The van der Waals surface area contributed by atoms with E-state index in [0.717, 1.165) is 18.4 Å². The van der Waals surface area contributed by atoms with E-state index in [1.165, 1.54) is 0 Å². The fraction of sp³-hybridized carbons (Fsp3) is 0.350. The number of hydrogen-bond acceptors (Lipinski definition) is 3. The number of likely N-dealkylation sites (tertiary alicyclic amines) is 1. The first-order valence-electron chi connectivity index (χ1n) is 8.60. The second-order valence-corrected chi connectivity index (χ2v) is 8.70. The summed E-state index contributed by atoms with van der Waals surface area (Å²) in [4.78, 5) is 14.9. The van der Waals surface area contributed by atoms with Gasteiger partial charge in [0.2, 0.25) is 0 Å². The lowest BCUT2D eigenvalue weighted by atomic mass is 9.98. The molecule has 0 saturated carbocycles. The molecular formula is C20H23NO3S. The van der Waals surface area contributed by atoms with Crippen LogP contribution in [0.2, 0.25) is 0 Å². The maximum Gasteiger partial charge on any atom is 0.254 e. The van der Waals surface area contributed by atoms with Gasteiger partial charge in [-0.05, 0) is 49.4 Å². The maximum atomic E-state index is 12.8. The molecule has 5 heteroatoms. The number of nitrogens with zero attached hydrogens (tertiary/aromatic N) is 1. The zero-order valence-electron chi connectivity index (χ0n) is 14.4. The number of carbonyl (C=O) groups is 1. The molecule has 1 heterocycles. The molecule has 1 saturated heterocycles. The van der Waals surface area contributed by atoms with Crippen molar-refractivity contribution in [2.45, 2.75) is 24.7 Å². The van der Waals surface area contributed by atoms with Crippen LogP contribution in [-0.4, -0.2) is 38.1 Å². The van der Waals surface area contributed by atoms with Crippen LogP contribution in [0.4, 0.5) is 0 Å². The van der Waals surface area contributed by atoms with E-state index in [-0.39, 0.29) is 17.6 Å². The minimum atomic E-state index is -3.32. The molecule has 2 aromatic rings. The molecule has 0 aliphatic carbocycles. The zero-order chi connectivity index (χ0) is 17.9. The van der Waals surface area contributed by atoms with Crippen LogP contribution in [0.3, 0.4) is 0 Å². The number of sulfone groups is 1. The predicted octanol–water partition coefficient (Wildman–Crippen LogP) is 3.32. The normalized spacial score (nSPS) is 18.1. The molecule has 1 fully saturated rings. The monoisotopic (exact) mass is 357 g/mol. The average molecular weight is 357 g/mol. The topological polar surface area (TPSA) is 54.5 Å². The van der Waals surface area contributed by atoms with Gasteiger partial charge in [0.1, 0.15) is 0 Å². The summed E-state index contributed by atoms with van der Waals surface area (Å²) in [6.07, 6.45) is 1.68. The number of carbonyl (C=O) groups excluding carboxylic acids is 1. The molecule has 0 N–H and O–H groups in total. The molecule has 0 aromatic heterocycles. The van der Waals surface area contributed by atoms with Gasteiger partial charge >= 0.3 is 0 Å². The molecule has 0 radical (unpaired) electrons. The van der Waals surface area contributed by atoms with E-state index in [1.54, 1.807) is 29.2 Å². The third kappa shape index (κ3) is 4.10. The number of aryl methyl sites for hydroxylation is 1. The maximum absolute atomic E-state index is 12.8. The summed E-state index contributed by atoms with van der Waals surface area (Å²) in [5.41, 5.74) is 1.65. The number of rotatable bonds is 4. The highest BCUT2D eigenvalue weighted by Gasteiger charge is 2.29. The summed E-state index contributed by atoms with van der Waals surface area (Å²) in [6, 6.07) is 16.1. The first-order chi connectivity index (χ1) is 12.0. The van der Waals surface area contributed by atoms with Gasteiger partial charge in [-0.25, -0.2) is 8.42 Å². The molecule has 0 spiro atoms. The van der Waals surface area contributed by atoms with Crippen molar-refractivity contribution in [1.82, 2.24) is 4.90 Å². The van der Waals surface area contributed by atoms with Gasteiger partial charge in [0.25, 0.3) is 5.91 Å². The van der Waals surface area contributed by atoms with Gasteiger partial charge in [-0.3, -0.25) is 4.79 Å². The van der Waals surface area contributed by atoms with Gasteiger partial charge in [-0.1, -0.05) is 36.4 Å². The van der Waals surface area contributed by atoms with Crippen molar-refractivity contribution < 1.29 is 13.2 Å². The van der Waals surface area contributed by atoms with Crippen molar-refractivity contribution in [3.05, 3.63) is 65.7 Å². The van der Waals surface area contributed by atoms with E-state index in [9.17, 15) is 13.2 Å². The lowest BCUT2D eigenvalue weighted by Gasteiger charge is -2.33. The van der Waals surface area contributed by atoms with Crippen LogP contribution < -0.4 is 0 Å². The second-order valence-electron chi connectivity index (χ2n) is 6.67. The van der Waals surface area contributed by atoms with E-state index < -0.39 is 9.84 Å². The Kier molecular flexibility index (Phi) is 5.23. The number of piperidine rings is 1. The second kappa shape index (κ2) is 7.40. The van der Waals surface area contributed by atoms with Gasteiger partial charge in [0, 0.05) is 18.7 Å². The zero-order valence-corrected chi connectivity index (χ0v) is 15.2. The van der Waals surface area contributed by atoms with Crippen LogP contribution in [0.5, 0.6) is 0 Å². The first kappa shape index (κ1) is 17.7. The van der Waals surface area contributed by atoms with E-state index >= 15 is 0 Å². The number of amides is 1. The molecule has 25 heavy (non-hydrogen) atoms. The van der Waals surface area contributed by atoms with Crippen molar-refractivity contribution in [2.75, 3.05) is 18.8 Å². The average Bonchev–Trinajstić information content (AvgIpc) is 2.62. The summed E-state index contributed by atoms with van der Waals surface area (Å²) >= 11 is 0. The molecule has 1 amide bonds. The van der Waals surface area contributed by atoms with Gasteiger partial charge in [-0.2, -0.15) is 0 Å². The molecule has 1 aliphatic rings. The summed E-state index contributed by atoms with van der Waals surface area (Å²) in [7, 11) is -3.32. The summed E-state index contributed by atoms with van der Waals surface area (Å²) < 4.78 is 25.2. The molecule has 4 nitrogen and oxygen atoms in total. The quantitative estimate of drug-likeness (QED) is 0.843. The molecule has 2 aromatic carbocycles.